The molecule has 120 valence electrons. The minimum Gasteiger partial charge on any atom is -0.508 e. The van der Waals surface area contributed by atoms with Crippen LogP contribution < -0.4 is 4.74 Å². The van der Waals surface area contributed by atoms with Crippen LogP contribution in [0.15, 0.2) is 84.9 Å². The Kier molecular flexibility index (Phi) is 8.23. The highest BCUT2D eigenvalue weighted by Crippen LogP contribution is 2.14. The zero-order valence-electron chi connectivity index (χ0n) is 12.8. The van der Waals surface area contributed by atoms with E-state index in [2.05, 4.69) is 0 Å². The van der Waals surface area contributed by atoms with Crippen LogP contribution in [0.25, 0.3) is 0 Å². The molecule has 0 heterocycles. The van der Waals surface area contributed by atoms with Crippen LogP contribution in [0, 0.1) is 0 Å². The van der Waals surface area contributed by atoms with Crippen molar-refractivity contribution in [3.63, 3.8) is 0 Å². The average Bonchev–Trinajstić information content (AvgIpc) is 2.58. The number of benzene rings is 3. The second kappa shape index (κ2) is 10.6. The van der Waals surface area contributed by atoms with E-state index in [1.54, 1.807) is 79.9 Å². The number of aromatic hydroxyl groups is 3. The van der Waals surface area contributed by atoms with E-state index in [1.165, 1.54) is 0 Å². The monoisotopic (exact) mass is 312 g/mol. The van der Waals surface area contributed by atoms with Crippen molar-refractivity contribution >= 4 is 0 Å². The number of methoxy groups -OCH3 is 1. The number of para-hydroxylation sites is 2. The predicted octanol–water partition coefficient (Wildman–Crippen LogP) is 4.19. The number of hydrogen-bond donors (Lipinski definition) is 3. The minimum absolute atomic E-state index is 0.260. The summed E-state index contributed by atoms with van der Waals surface area (Å²) >= 11 is 0. The maximum Gasteiger partial charge on any atom is 0.119 e. The van der Waals surface area contributed by atoms with Gasteiger partial charge in [-0.1, -0.05) is 36.4 Å². The van der Waals surface area contributed by atoms with E-state index in [0.29, 0.717) is 11.5 Å². The molecule has 3 aromatic rings. The SMILES string of the molecule is COc1ccc(O)cc1.Oc1ccccc1.Oc1ccccc1. The first-order valence-electron chi connectivity index (χ1n) is 6.93. The maximum absolute atomic E-state index is 8.80. The Bertz CT molecular complexity index is 600. The van der Waals surface area contributed by atoms with Gasteiger partial charge in [-0.3, -0.25) is 0 Å². The molecule has 0 amide bonds. The van der Waals surface area contributed by atoms with E-state index in [9.17, 15) is 0 Å². The summed E-state index contributed by atoms with van der Waals surface area (Å²) < 4.78 is 4.86. The summed E-state index contributed by atoms with van der Waals surface area (Å²) in [4.78, 5) is 0. The zero-order chi connectivity index (χ0) is 16.9. The molecule has 0 unspecified atom stereocenters. The van der Waals surface area contributed by atoms with Gasteiger partial charge in [-0.25, -0.2) is 0 Å². The second-order valence-corrected chi connectivity index (χ2v) is 4.37. The molecule has 4 nitrogen and oxygen atoms in total. The van der Waals surface area contributed by atoms with Crippen LogP contribution >= 0.6 is 0 Å². The molecule has 0 radical (unpaired) electrons. The van der Waals surface area contributed by atoms with Crippen molar-refractivity contribution in [1.82, 2.24) is 0 Å². The number of ether oxygens (including phenoxy) is 1. The molecule has 0 bridgehead atoms. The Morgan fingerprint density at radius 1 is 0.522 bits per heavy atom. The molecule has 0 aromatic heterocycles. The predicted molar refractivity (Wildman–Crippen MR) is 90.9 cm³/mol. The van der Waals surface area contributed by atoms with Crippen LogP contribution in [0.5, 0.6) is 23.0 Å². The van der Waals surface area contributed by atoms with Gasteiger partial charge in [-0.2, -0.15) is 0 Å². The summed E-state index contributed by atoms with van der Waals surface area (Å²) in [5.74, 6) is 1.66. The zero-order valence-corrected chi connectivity index (χ0v) is 12.8. The van der Waals surface area contributed by atoms with E-state index >= 15 is 0 Å². The maximum atomic E-state index is 8.80. The quantitative estimate of drug-likeness (QED) is 0.630. The lowest BCUT2D eigenvalue weighted by Gasteiger charge is -1.96. The lowest BCUT2D eigenvalue weighted by atomic mass is 10.3. The smallest absolute Gasteiger partial charge is 0.119 e. The summed E-state index contributed by atoms with van der Waals surface area (Å²) in [6, 6.07) is 24.0. The summed E-state index contributed by atoms with van der Waals surface area (Å²) in [7, 11) is 1.59. The van der Waals surface area contributed by atoms with Gasteiger partial charge >= 0.3 is 0 Å². The lowest BCUT2D eigenvalue weighted by molar-refractivity contribution is 0.412. The highest BCUT2D eigenvalue weighted by molar-refractivity contribution is 5.29. The van der Waals surface area contributed by atoms with Crippen LogP contribution in [0.3, 0.4) is 0 Å². The van der Waals surface area contributed by atoms with E-state index in [4.69, 9.17) is 20.1 Å². The standard InChI is InChI=1S/C7H8O2.2C6H6O/c1-9-7-4-2-6(8)3-5-7;2*7-6-4-2-1-3-5-6/h2-5,8H,1H3;2*1-5,7H. The largest absolute Gasteiger partial charge is 0.508 e. The third kappa shape index (κ3) is 8.67. The van der Waals surface area contributed by atoms with Crippen LogP contribution in [0.1, 0.15) is 0 Å². The Labute approximate surface area is 135 Å². The van der Waals surface area contributed by atoms with E-state index in [1.807, 2.05) is 12.1 Å². The van der Waals surface area contributed by atoms with Gasteiger partial charge in [0.2, 0.25) is 0 Å². The Morgan fingerprint density at radius 2 is 0.870 bits per heavy atom. The fourth-order valence-corrected chi connectivity index (χ4v) is 1.44. The van der Waals surface area contributed by atoms with Crippen LogP contribution in [0.4, 0.5) is 0 Å². The van der Waals surface area contributed by atoms with Crippen molar-refractivity contribution in [1.29, 1.82) is 0 Å². The minimum atomic E-state index is 0.260. The van der Waals surface area contributed by atoms with Gasteiger partial charge in [-0.15, -0.1) is 0 Å². The lowest BCUT2D eigenvalue weighted by Crippen LogP contribution is -1.79. The first-order chi connectivity index (χ1) is 11.1. The highest BCUT2D eigenvalue weighted by atomic mass is 16.5. The van der Waals surface area contributed by atoms with Crippen molar-refractivity contribution in [2.75, 3.05) is 7.11 Å². The first kappa shape index (κ1) is 17.9. The Hall–Kier alpha value is -3.14. The molecular weight excluding hydrogens is 292 g/mol. The van der Waals surface area contributed by atoms with Gasteiger partial charge in [-0.05, 0) is 48.5 Å². The summed E-state index contributed by atoms with van der Waals surface area (Å²) in [6.45, 7) is 0. The molecule has 0 spiro atoms. The fourth-order valence-electron chi connectivity index (χ4n) is 1.44. The summed E-state index contributed by atoms with van der Waals surface area (Å²) in [5, 5.41) is 26.1. The molecule has 3 N–H and O–H groups in total. The average molecular weight is 312 g/mol. The first-order valence-corrected chi connectivity index (χ1v) is 6.93. The molecule has 0 aliphatic carbocycles. The molecule has 0 aliphatic heterocycles. The number of phenols is 3. The third-order valence-corrected chi connectivity index (χ3v) is 2.58. The van der Waals surface area contributed by atoms with Gasteiger partial charge in [0.1, 0.15) is 23.0 Å². The van der Waals surface area contributed by atoms with E-state index in [-0.39, 0.29) is 5.75 Å². The molecule has 0 atom stereocenters. The van der Waals surface area contributed by atoms with Gasteiger partial charge in [0.15, 0.2) is 0 Å². The van der Waals surface area contributed by atoms with Gasteiger partial charge < -0.3 is 20.1 Å². The number of hydrogen-bond acceptors (Lipinski definition) is 4. The summed E-state index contributed by atoms with van der Waals surface area (Å²) in [5.41, 5.74) is 0. The van der Waals surface area contributed by atoms with Gasteiger partial charge in [0.05, 0.1) is 7.11 Å². The summed E-state index contributed by atoms with van der Waals surface area (Å²) in [6.07, 6.45) is 0. The molecule has 4 heteroatoms. The molecule has 0 saturated heterocycles. The molecular formula is C19H20O4. The van der Waals surface area contributed by atoms with Crippen molar-refractivity contribution in [3.8, 4) is 23.0 Å². The van der Waals surface area contributed by atoms with Crippen molar-refractivity contribution in [3.05, 3.63) is 84.9 Å². The van der Waals surface area contributed by atoms with Crippen LogP contribution in [-0.2, 0) is 0 Å². The van der Waals surface area contributed by atoms with Crippen LogP contribution in [-0.4, -0.2) is 22.4 Å². The third-order valence-electron chi connectivity index (χ3n) is 2.58. The molecule has 23 heavy (non-hydrogen) atoms. The molecule has 3 aromatic carbocycles. The molecule has 0 aliphatic rings. The normalized spacial score (nSPS) is 8.74. The van der Waals surface area contributed by atoms with Gasteiger partial charge in [0.25, 0.3) is 0 Å². The Balaban J connectivity index is 0.000000175. The number of phenolic OH excluding ortho intramolecular Hbond substituents is 3. The molecule has 3 rings (SSSR count). The van der Waals surface area contributed by atoms with Crippen molar-refractivity contribution < 1.29 is 20.1 Å². The number of rotatable bonds is 1. The van der Waals surface area contributed by atoms with Gasteiger partial charge in [0, 0.05) is 0 Å². The Morgan fingerprint density at radius 3 is 1.13 bits per heavy atom. The van der Waals surface area contributed by atoms with Crippen molar-refractivity contribution in [2.24, 2.45) is 0 Å². The second-order valence-electron chi connectivity index (χ2n) is 4.37. The molecule has 0 saturated carbocycles. The fraction of sp³-hybridized carbons (Fsp3) is 0.0526. The highest BCUT2D eigenvalue weighted by Gasteiger charge is 1.87. The van der Waals surface area contributed by atoms with E-state index in [0.717, 1.165) is 5.75 Å². The van der Waals surface area contributed by atoms with E-state index < -0.39 is 0 Å². The van der Waals surface area contributed by atoms with Crippen LogP contribution in [0.2, 0.25) is 0 Å². The molecule has 0 fully saturated rings. The topological polar surface area (TPSA) is 69.9 Å². The van der Waals surface area contributed by atoms with Crippen molar-refractivity contribution in [2.45, 2.75) is 0 Å².